The fourth-order valence-corrected chi connectivity index (χ4v) is 6.96. The van der Waals surface area contributed by atoms with E-state index in [0.717, 1.165) is 15.4 Å². The van der Waals surface area contributed by atoms with E-state index >= 15 is 0 Å². The van der Waals surface area contributed by atoms with E-state index < -0.39 is 39.9 Å². The lowest BCUT2D eigenvalue weighted by Gasteiger charge is -2.43. The number of halogens is 3. The molecular weight excluding hydrogens is 547 g/mol. The highest BCUT2D eigenvalue weighted by Gasteiger charge is 2.65. The molecule has 2 bridgehead atoms. The molecule has 0 amide bonds. The van der Waals surface area contributed by atoms with E-state index in [2.05, 4.69) is 24.4 Å². The Morgan fingerprint density at radius 3 is 2.63 bits per heavy atom. The van der Waals surface area contributed by atoms with Gasteiger partial charge in [0, 0.05) is 24.6 Å². The molecule has 2 aliphatic heterocycles. The van der Waals surface area contributed by atoms with Crippen molar-refractivity contribution < 1.29 is 35.9 Å². The van der Waals surface area contributed by atoms with Gasteiger partial charge in [-0.3, -0.25) is 0 Å². The quantitative estimate of drug-likeness (QED) is 0.410. The Bertz CT molecular complexity index is 1530. The van der Waals surface area contributed by atoms with Crippen molar-refractivity contribution in [3.05, 3.63) is 41.2 Å². The molecule has 6 rings (SSSR count). The number of thiazole rings is 1. The van der Waals surface area contributed by atoms with Gasteiger partial charge in [-0.05, 0) is 31.5 Å². The highest BCUT2D eigenvalue weighted by Crippen LogP contribution is 2.52. The summed E-state index contributed by atoms with van der Waals surface area (Å²) in [7, 11) is -4.06. The molecule has 2 aromatic heterocycles. The number of benzene rings is 1. The molecule has 38 heavy (non-hydrogen) atoms. The van der Waals surface area contributed by atoms with E-state index in [-0.39, 0.29) is 30.2 Å². The van der Waals surface area contributed by atoms with E-state index in [4.69, 9.17) is 10.5 Å². The smallest absolute Gasteiger partial charge is 0.456 e. The Labute approximate surface area is 219 Å². The average Bonchev–Trinajstić information content (AvgIpc) is 3.50. The van der Waals surface area contributed by atoms with Crippen molar-refractivity contribution in [3.8, 4) is 21.8 Å². The highest BCUT2D eigenvalue weighted by molar-refractivity contribution is 7.89. The predicted octanol–water partition coefficient (Wildman–Crippen LogP) is 3.15. The van der Waals surface area contributed by atoms with Crippen molar-refractivity contribution in [1.82, 2.24) is 19.7 Å². The van der Waals surface area contributed by atoms with Crippen LogP contribution < -0.4 is 10.5 Å². The number of carbonyl (C=O) groups excluding carboxylic acids is 1. The zero-order valence-electron chi connectivity index (χ0n) is 20.1. The first-order valence-corrected chi connectivity index (χ1v) is 13.6. The zero-order chi connectivity index (χ0) is 27.5. The standard InChI is InChI=1S/C23H22F3N5O5S2/c1-12-3-4-14(5-15(12)16-6-29-19(27)18(30-16)17-7-28-13(2)37-17)38(33,34)31-21-8-22(9-21,36-10-21)11-35-20(32)23(24,25)26/h3-7,31H,8-11H2,1-2H3,(H2,27,29). The van der Waals surface area contributed by atoms with Crippen LogP contribution in [0.3, 0.4) is 0 Å². The van der Waals surface area contributed by atoms with Gasteiger partial charge in [-0.25, -0.2) is 32.9 Å². The van der Waals surface area contributed by atoms with Crippen LogP contribution in [0.15, 0.2) is 35.5 Å². The monoisotopic (exact) mass is 569 g/mol. The Morgan fingerprint density at radius 1 is 1.24 bits per heavy atom. The highest BCUT2D eigenvalue weighted by atomic mass is 32.2. The summed E-state index contributed by atoms with van der Waals surface area (Å²) >= 11 is 1.40. The number of aryl methyl sites for hydroxylation is 2. The number of nitrogens with two attached hydrogens (primary N) is 1. The summed E-state index contributed by atoms with van der Waals surface area (Å²) in [5.41, 5.74) is 6.03. The second kappa shape index (κ2) is 8.97. The number of nitrogen functional groups attached to an aromatic ring is 1. The molecule has 15 heteroatoms. The summed E-state index contributed by atoms with van der Waals surface area (Å²) in [6.07, 6.45) is -1.86. The average molecular weight is 570 g/mol. The number of carbonyl (C=O) groups is 1. The van der Waals surface area contributed by atoms with Crippen LogP contribution in [0.5, 0.6) is 0 Å². The largest absolute Gasteiger partial charge is 0.490 e. The lowest BCUT2D eigenvalue weighted by atomic mass is 9.69. The molecule has 0 radical (unpaired) electrons. The molecule has 0 atom stereocenters. The molecule has 10 nitrogen and oxygen atoms in total. The number of nitrogens with one attached hydrogen (secondary N) is 1. The summed E-state index contributed by atoms with van der Waals surface area (Å²) in [6, 6.07) is 4.56. The maximum Gasteiger partial charge on any atom is 0.490 e. The van der Waals surface area contributed by atoms with Crippen LogP contribution in [0.25, 0.3) is 21.8 Å². The van der Waals surface area contributed by atoms with Crippen molar-refractivity contribution in [2.24, 2.45) is 0 Å². The van der Waals surface area contributed by atoms with Crippen molar-refractivity contribution in [1.29, 1.82) is 0 Å². The number of ether oxygens (including phenoxy) is 2. The number of nitrogens with zero attached hydrogens (tertiary/aromatic N) is 3. The van der Waals surface area contributed by atoms with Crippen LogP contribution in [0.4, 0.5) is 19.0 Å². The zero-order valence-corrected chi connectivity index (χ0v) is 21.8. The third-order valence-corrected chi connectivity index (χ3v) is 8.97. The summed E-state index contributed by atoms with van der Waals surface area (Å²) in [5, 5.41) is 0.829. The number of hydrogen-bond donors (Lipinski definition) is 2. The van der Waals surface area contributed by atoms with E-state index in [0.29, 0.717) is 17.0 Å². The minimum atomic E-state index is -5.12. The van der Waals surface area contributed by atoms with Crippen LogP contribution in [0, 0.1) is 13.8 Å². The number of anilines is 1. The van der Waals surface area contributed by atoms with Crippen molar-refractivity contribution >= 4 is 33.1 Å². The summed E-state index contributed by atoms with van der Waals surface area (Å²) in [4.78, 5) is 24.8. The number of aromatic nitrogens is 3. The molecule has 1 aromatic carbocycles. The first-order valence-electron chi connectivity index (χ1n) is 11.3. The lowest BCUT2D eigenvalue weighted by Crippen LogP contribution is -2.61. The lowest BCUT2D eigenvalue weighted by molar-refractivity contribution is -0.206. The topological polar surface area (TPSA) is 146 Å². The normalized spacial score (nSPS) is 22.8. The van der Waals surface area contributed by atoms with Gasteiger partial charge in [-0.2, -0.15) is 13.2 Å². The molecule has 3 aliphatic rings. The van der Waals surface area contributed by atoms with Crippen LogP contribution in [-0.2, 0) is 24.3 Å². The van der Waals surface area contributed by atoms with Gasteiger partial charge in [0.2, 0.25) is 10.0 Å². The van der Waals surface area contributed by atoms with E-state index in [9.17, 15) is 26.4 Å². The van der Waals surface area contributed by atoms with Crippen LogP contribution in [-0.4, -0.2) is 59.9 Å². The number of hydrogen-bond acceptors (Lipinski definition) is 10. The summed E-state index contributed by atoms with van der Waals surface area (Å²) in [5.74, 6) is -2.10. The molecule has 4 heterocycles. The number of fused-ring (bicyclic) bond motifs is 1. The minimum absolute atomic E-state index is 0.0332. The summed E-state index contributed by atoms with van der Waals surface area (Å²) in [6.45, 7) is 2.99. The number of esters is 1. The van der Waals surface area contributed by atoms with Gasteiger partial charge in [0.15, 0.2) is 5.82 Å². The number of rotatable bonds is 7. The molecule has 3 aromatic rings. The number of sulfonamides is 1. The second-order valence-electron chi connectivity index (χ2n) is 9.49. The fourth-order valence-electron chi connectivity index (χ4n) is 4.77. The molecule has 1 saturated carbocycles. The van der Waals surface area contributed by atoms with Gasteiger partial charge in [-0.15, -0.1) is 11.3 Å². The number of alkyl halides is 3. The first-order chi connectivity index (χ1) is 17.7. The molecule has 0 spiro atoms. The van der Waals surface area contributed by atoms with Gasteiger partial charge in [0.1, 0.15) is 17.9 Å². The predicted molar refractivity (Wildman–Crippen MR) is 130 cm³/mol. The van der Waals surface area contributed by atoms with Gasteiger partial charge in [0.25, 0.3) is 0 Å². The molecule has 3 fully saturated rings. The Kier molecular flexibility index (Phi) is 6.24. The van der Waals surface area contributed by atoms with Crippen LogP contribution in [0.1, 0.15) is 23.4 Å². The van der Waals surface area contributed by atoms with E-state index in [1.54, 1.807) is 19.2 Å². The third kappa shape index (κ3) is 4.86. The minimum Gasteiger partial charge on any atom is -0.456 e. The third-order valence-electron chi connectivity index (χ3n) is 6.48. The van der Waals surface area contributed by atoms with Crippen LogP contribution in [0.2, 0.25) is 0 Å². The molecule has 3 N–H and O–H groups in total. The van der Waals surface area contributed by atoms with Gasteiger partial charge in [-0.1, -0.05) is 6.07 Å². The maximum atomic E-state index is 13.3. The first kappa shape index (κ1) is 26.5. The van der Waals surface area contributed by atoms with Gasteiger partial charge in [0.05, 0.1) is 38.8 Å². The Hall–Kier alpha value is -3.14. The SMILES string of the molecule is Cc1ncc(-c2nc(-c3cc(S(=O)(=O)NC45COC(COC(=O)C(F)(F)F)(C4)C5)ccc3C)cnc2N)s1. The van der Waals surface area contributed by atoms with E-state index in [1.165, 1.54) is 29.7 Å². The molecule has 0 unspecified atom stereocenters. The Balaban J connectivity index is 1.35. The fraction of sp³-hybridized carbons (Fsp3) is 0.391. The van der Waals surface area contributed by atoms with Gasteiger partial charge >= 0.3 is 12.1 Å². The van der Waals surface area contributed by atoms with Gasteiger partial charge < -0.3 is 15.2 Å². The molecule has 202 valence electrons. The molecule has 2 saturated heterocycles. The second-order valence-corrected chi connectivity index (χ2v) is 12.4. The molecule has 1 aliphatic carbocycles. The van der Waals surface area contributed by atoms with Crippen molar-refractivity contribution in [2.75, 3.05) is 18.9 Å². The van der Waals surface area contributed by atoms with Crippen molar-refractivity contribution in [2.45, 2.75) is 48.9 Å². The Morgan fingerprint density at radius 2 is 1.97 bits per heavy atom. The van der Waals surface area contributed by atoms with Crippen LogP contribution >= 0.6 is 11.3 Å². The van der Waals surface area contributed by atoms with Crippen molar-refractivity contribution in [3.63, 3.8) is 0 Å². The maximum absolute atomic E-state index is 13.3. The molecular formula is C23H22F3N5O5S2. The van der Waals surface area contributed by atoms with E-state index in [1.807, 2.05) is 6.92 Å². The summed E-state index contributed by atoms with van der Waals surface area (Å²) < 4.78 is 76.4.